The van der Waals surface area contributed by atoms with Crippen LogP contribution >= 0.6 is 0 Å². The number of hydrogen-bond donors (Lipinski definition) is 1. The fourth-order valence-electron chi connectivity index (χ4n) is 0.309. The Bertz CT molecular complexity index is 114. The van der Waals surface area contributed by atoms with E-state index in [0.29, 0.717) is 13.0 Å². The second-order valence-electron chi connectivity index (χ2n) is 1.38. The normalized spacial score (nSPS) is 7.88. The number of carboxylic acids is 1. The molecule has 0 bridgehead atoms. The van der Waals surface area contributed by atoms with Gasteiger partial charge in [0, 0.05) is 6.42 Å². The highest BCUT2D eigenvalue weighted by molar-refractivity contribution is 5.66. The maximum atomic E-state index is 9.77. The van der Waals surface area contributed by atoms with E-state index in [1.54, 1.807) is 0 Å². The Morgan fingerprint density at radius 3 is 2.75 bits per heavy atom. The van der Waals surface area contributed by atoms with Crippen molar-refractivity contribution in [2.24, 2.45) is 0 Å². The molecule has 0 aromatic carbocycles. The summed E-state index contributed by atoms with van der Waals surface area (Å²) < 4.78 is 0. The summed E-state index contributed by atoms with van der Waals surface area (Å²) in [6, 6.07) is 0. The third kappa shape index (κ3) is 4.96. The van der Waals surface area contributed by atoms with Crippen LogP contribution in [0.25, 0.3) is 4.85 Å². The minimum atomic E-state index is -0.825. The van der Waals surface area contributed by atoms with E-state index < -0.39 is 5.97 Å². The first kappa shape index (κ1) is 6.96. The lowest BCUT2D eigenvalue weighted by Crippen LogP contribution is -1.94. The lowest BCUT2D eigenvalue weighted by molar-refractivity contribution is -0.137. The minimum Gasteiger partial charge on any atom is -0.481 e. The van der Waals surface area contributed by atoms with E-state index in [1.807, 2.05) is 0 Å². The quantitative estimate of drug-likeness (QED) is 0.434. The molecule has 0 spiro atoms. The molecule has 0 aliphatic heterocycles. The van der Waals surface area contributed by atoms with Crippen molar-refractivity contribution < 1.29 is 9.90 Å². The summed E-state index contributed by atoms with van der Waals surface area (Å²) in [5, 5.41) is 8.04. The van der Waals surface area contributed by atoms with E-state index in [9.17, 15) is 4.79 Å². The largest absolute Gasteiger partial charge is 0.481 e. The summed E-state index contributed by atoms with van der Waals surface area (Å²) in [4.78, 5) is 12.8. The Balaban J connectivity index is 2.97. The van der Waals surface area contributed by atoms with Gasteiger partial charge in [0.1, 0.15) is 0 Å². The molecule has 3 heteroatoms. The van der Waals surface area contributed by atoms with Gasteiger partial charge < -0.3 is 9.95 Å². The van der Waals surface area contributed by atoms with Crippen LogP contribution in [-0.4, -0.2) is 17.6 Å². The van der Waals surface area contributed by atoms with Crippen LogP contribution in [0.4, 0.5) is 0 Å². The molecule has 0 aliphatic carbocycles. The topological polar surface area (TPSA) is 41.7 Å². The molecule has 0 saturated heterocycles. The van der Waals surface area contributed by atoms with Crippen molar-refractivity contribution in [1.82, 2.24) is 0 Å². The molecule has 0 saturated carbocycles. The second kappa shape index (κ2) is 4.13. The van der Waals surface area contributed by atoms with Gasteiger partial charge in [-0.05, 0) is 0 Å². The summed E-state index contributed by atoms with van der Waals surface area (Å²) in [7, 11) is 0. The predicted molar refractivity (Wildman–Crippen MR) is 28.3 cm³/mol. The Kier molecular flexibility index (Phi) is 3.59. The highest BCUT2D eigenvalue weighted by Gasteiger charge is 1.95. The number of carboxylic acid groups (broad SMARTS) is 1. The van der Waals surface area contributed by atoms with Gasteiger partial charge in [-0.3, -0.25) is 4.79 Å². The van der Waals surface area contributed by atoms with E-state index in [4.69, 9.17) is 11.7 Å². The molecule has 0 heterocycles. The molecule has 44 valence electrons. The number of hydrogen-bond acceptors (Lipinski definition) is 1. The zero-order valence-corrected chi connectivity index (χ0v) is 4.42. The summed E-state index contributed by atoms with van der Waals surface area (Å²) in [6.45, 7) is 6.60. The van der Waals surface area contributed by atoms with Crippen LogP contribution in [0.15, 0.2) is 0 Å². The van der Waals surface area contributed by atoms with E-state index in [-0.39, 0.29) is 6.42 Å². The van der Waals surface area contributed by atoms with Gasteiger partial charge in [-0.2, -0.15) is 0 Å². The molecule has 0 aromatic rings. The Labute approximate surface area is 47.8 Å². The molecule has 0 rings (SSSR count). The number of rotatable bonds is 3. The van der Waals surface area contributed by atoms with Crippen molar-refractivity contribution in [2.45, 2.75) is 12.8 Å². The van der Waals surface area contributed by atoms with Crippen LogP contribution in [0.3, 0.4) is 0 Å². The molecule has 1 N–H and O–H groups in total. The summed E-state index contributed by atoms with van der Waals surface area (Å²) in [5.74, 6) is -0.825. The number of aliphatic carboxylic acids is 1. The fourth-order valence-corrected chi connectivity index (χ4v) is 0.309. The molecule has 0 aromatic heterocycles. The standard InChI is InChI=1S/C5H7NO2/c1-6-4-2-3-5(7)8/h2-4H2,(H,7,8). The lowest BCUT2D eigenvalue weighted by atomic mass is 10.3. The maximum absolute atomic E-state index is 9.77. The van der Waals surface area contributed by atoms with E-state index in [2.05, 4.69) is 4.85 Å². The molecular formula is C5H7NO2. The van der Waals surface area contributed by atoms with Crippen LogP contribution in [0, 0.1) is 6.57 Å². The van der Waals surface area contributed by atoms with E-state index >= 15 is 0 Å². The van der Waals surface area contributed by atoms with Crippen molar-refractivity contribution in [2.75, 3.05) is 6.54 Å². The van der Waals surface area contributed by atoms with Crippen molar-refractivity contribution in [3.05, 3.63) is 11.4 Å². The van der Waals surface area contributed by atoms with Gasteiger partial charge in [0.2, 0.25) is 6.54 Å². The van der Waals surface area contributed by atoms with Crippen molar-refractivity contribution in [1.29, 1.82) is 0 Å². The second-order valence-corrected chi connectivity index (χ2v) is 1.38. The van der Waals surface area contributed by atoms with Crippen molar-refractivity contribution in [3.8, 4) is 0 Å². The molecule has 0 amide bonds. The average molecular weight is 113 g/mol. The van der Waals surface area contributed by atoms with Gasteiger partial charge in [0.05, 0.1) is 6.42 Å². The smallest absolute Gasteiger partial charge is 0.303 e. The summed E-state index contributed by atoms with van der Waals surface area (Å²) in [5.41, 5.74) is 0. The number of nitrogens with zero attached hydrogens (tertiary/aromatic N) is 1. The monoisotopic (exact) mass is 113 g/mol. The van der Waals surface area contributed by atoms with Gasteiger partial charge in [0.25, 0.3) is 0 Å². The molecule has 0 radical (unpaired) electrons. The first-order chi connectivity index (χ1) is 3.77. The van der Waals surface area contributed by atoms with Crippen LogP contribution in [0.5, 0.6) is 0 Å². The highest BCUT2D eigenvalue weighted by Crippen LogP contribution is 1.87. The predicted octanol–water partition coefficient (Wildman–Crippen LogP) is 0.770. The van der Waals surface area contributed by atoms with Gasteiger partial charge in [-0.15, -0.1) is 0 Å². The van der Waals surface area contributed by atoms with Crippen molar-refractivity contribution >= 4 is 5.97 Å². The van der Waals surface area contributed by atoms with Crippen LogP contribution in [0.1, 0.15) is 12.8 Å². The van der Waals surface area contributed by atoms with Gasteiger partial charge in [-0.25, -0.2) is 6.57 Å². The third-order valence-electron chi connectivity index (χ3n) is 0.661. The highest BCUT2D eigenvalue weighted by atomic mass is 16.4. The summed E-state index contributed by atoms with van der Waals surface area (Å²) >= 11 is 0. The zero-order chi connectivity index (χ0) is 6.41. The molecule has 0 fully saturated rings. The first-order valence-corrected chi connectivity index (χ1v) is 2.32. The maximum Gasteiger partial charge on any atom is 0.303 e. The SMILES string of the molecule is [C-]#[N+]CCCC(=O)O. The Hall–Kier alpha value is -1.04. The van der Waals surface area contributed by atoms with E-state index in [1.165, 1.54) is 0 Å². The summed E-state index contributed by atoms with van der Waals surface area (Å²) in [6.07, 6.45) is 0.585. The van der Waals surface area contributed by atoms with Gasteiger partial charge >= 0.3 is 5.97 Å². The van der Waals surface area contributed by atoms with Crippen LogP contribution < -0.4 is 0 Å². The van der Waals surface area contributed by atoms with E-state index in [0.717, 1.165) is 0 Å². The molecule has 0 atom stereocenters. The first-order valence-electron chi connectivity index (χ1n) is 2.32. The van der Waals surface area contributed by atoms with Crippen LogP contribution in [0.2, 0.25) is 0 Å². The van der Waals surface area contributed by atoms with Gasteiger partial charge in [-0.1, -0.05) is 0 Å². The average Bonchev–Trinajstić information content (AvgIpc) is 1.66. The fraction of sp³-hybridized carbons (Fsp3) is 0.600. The van der Waals surface area contributed by atoms with Crippen LogP contribution in [-0.2, 0) is 4.79 Å². The molecule has 0 unspecified atom stereocenters. The molecule has 8 heavy (non-hydrogen) atoms. The van der Waals surface area contributed by atoms with Crippen molar-refractivity contribution in [3.63, 3.8) is 0 Å². The van der Waals surface area contributed by atoms with Gasteiger partial charge in [0.15, 0.2) is 0 Å². The molecule has 3 nitrogen and oxygen atoms in total. The molecular weight excluding hydrogens is 106 g/mol. The Morgan fingerprint density at radius 2 is 2.38 bits per heavy atom. The Morgan fingerprint density at radius 1 is 1.75 bits per heavy atom. The molecule has 0 aliphatic rings. The lowest BCUT2D eigenvalue weighted by Gasteiger charge is -1.82. The third-order valence-corrected chi connectivity index (χ3v) is 0.661. The minimum absolute atomic E-state index is 0.113. The zero-order valence-electron chi connectivity index (χ0n) is 4.42. The number of carbonyl (C=O) groups is 1.